The molecule has 1 rings (SSSR count). The summed E-state index contributed by atoms with van der Waals surface area (Å²) in [5.41, 5.74) is 7.85. The van der Waals surface area contributed by atoms with Crippen LogP contribution in [-0.4, -0.2) is 26.2 Å². The van der Waals surface area contributed by atoms with E-state index in [1.165, 1.54) is 0 Å². The van der Waals surface area contributed by atoms with Crippen LogP contribution in [0, 0.1) is 6.92 Å². The fourth-order valence-corrected chi connectivity index (χ4v) is 1.84. The predicted octanol–water partition coefficient (Wildman–Crippen LogP) is 2.12. The van der Waals surface area contributed by atoms with Crippen molar-refractivity contribution in [2.45, 2.75) is 26.2 Å². The summed E-state index contributed by atoms with van der Waals surface area (Å²) in [6.45, 7) is 3.35. The Kier molecular flexibility index (Phi) is 6.22. The molecule has 3 N–H and O–H groups in total. The summed E-state index contributed by atoms with van der Waals surface area (Å²) in [6, 6.07) is 5.50. The third-order valence-electron chi connectivity index (χ3n) is 2.84. The van der Waals surface area contributed by atoms with E-state index in [1.807, 2.05) is 19.1 Å². The average molecular weight is 250 g/mol. The lowest BCUT2D eigenvalue weighted by Gasteiger charge is -2.10. The molecule has 0 spiro atoms. The molecule has 0 heterocycles. The highest BCUT2D eigenvalue weighted by Crippen LogP contribution is 2.15. The quantitative estimate of drug-likeness (QED) is 0.575. The standard InChI is InChI=1S/C14H22N2O2/c1-11-7-6-8-12(15)13(11)14(17)16-9-4-3-5-10-18-2/h6-8H,3-5,9-10,15H2,1-2H3,(H,16,17). The molecule has 1 aromatic rings. The van der Waals surface area contributed by atoms with Crippen LogP contribution in [0.25, 0.3) is 0 Å². The van der Waals surface area contributed by atoms with Gasteiger partial charge in [0, 0.05) is 25.9 Å². The summed E-state index contributed by atoms with van der Waals surface area (Å²) in [4.78, 5) is 12.0. The molecule has 0 saturated carbocycles. The third-order valence-corrected chi connectivity index (χ3v) is 2.84. The lowest BCUT2D eigenvalue weighted by molar-refractivity contribution is 0.0953. The number of hydrogen-bond donors (Lipinski definition) is 2. The van der Waals surface area contributed by atoms with E-state index in [-0.39, 0.29) is 5.91 Å². The molecule has 0 radical (unpaired) electrons. The normalized spacial score (nSPS) is 10.3. The van der Waals surface area contributed by atoms with Crippen LogP contribution in [0.1, 0.15) is 35.2 Å². The molecule has 100 valence electrons. The molecular weight excluding hydrogens is 228 g/mol. The van der Waals surface area contributed by atoms with Gasteiger partial charge in [0.25, 0.3) is 5.91 Å². The van der Waals surface area contributed by atoms with Crippen molar-refractivity contribution >= 4 is 11.6 Å². The number of nitrogens with two attached hydrogens (primary N) is 1. The SMILES string of the molecule is COCCCCCNC(=O)c1c(C)cccc1N. The molecule has 0 aliphatic rings. The molecular formula is C14H22N2O2. The van der Waals surface area contributed by atoms with E-state index in [2.05, 4.69) is 5.32 Å². The molecule has 4 heteroatoms. The lowest BCUT2D eigenvalue weighted by atomic mass is 10.1. The van der Waals surface area contributed by atoms with Gasteiger partial charge in [-0.15, -0.1) is 0 Å². The zero-order valence-corrected chi connectivity index (χ0v) is 11.2. The van der Waals surface area contributed by atoms with Crippen LogP contribution in [0.15, 0.2) is 18.2 Å². The minimum atomic E-state index is -0.0858. The van der Waals surface area contributed by atoms with Gasteiger partial charge < -0.3 is 15.8 Å². The number of methoxy groups -OCH3 is 1. The number of anilines is 1. The van der Waals surface area contributed by atoms with Gasteiger partial charge in [0.2, 0.25) is 0 Å². The number of carbonyl (C=O) groups excluding carboxylic acids is 1. The van der Waals surface area contributed by atoms with Gasteiger partial charge in [0.1, 0.15) is 0 Å². The first kappa shape index (κ1) is 14.5. The topological polar surface area (TPSA) is 64.3 Å². The van der Waals surface area contributed by atoms with Crippen LogP contribution in [0.4, 0.5) is 5.69 Å². The molecule has 0 aliphatic heterocycles. The molecule has 4 nitrogen and oxygen atoms in total. The monoisotopic (exact) mass is 250 g/mol. The largest absolute Gasteiger partial charge is 0.398 e. The highest BCUT2D eigenvalue weighted by atomic mass is 16.5. The maximum absolute atomic E-state index is 12.0. The predicted molar refractivity (Wildman–Crippen MR) is 73.7 cm³/mol. The lowest BCUT2D eigenvalue weighted by Crippen LogP contribution is -2.26. The zero-order valence-electron chi connectivity index (χ0n) is 11.2. The average Bonchev–Trinajstić information content (AvgIpc) is 2.33. The molecule has 0 bridgehead atoms. The molecule has 0 aromatic heterocycles. The van der Waals surface area contributed by atoms with E-state index in [9.17, 15) is 4.79 Å². The summed E-state index contributed by atoms with van der Waals surface area (Å²) >= 11 is 0. The van der Waals surface area contributed by atoms with Crippen molar-refractivity contribution < 1.29 is 9.53 Å². The number of unbranched alkanes of at least 4 members (excludes halogenated alkanes) is 2. The van der Waals surface area contributed by atoms with E-state index in [0.29, 0.717) is 17.8 Å². The third kappa shape index (κ3) is 4.37. The van der Waals surface area contributed by atoms with Gasteiger partial charge in [-0.25, -0.2) is 0 Å². The number of carbonyl (C=O) groups is 1. The number of nitrogens with one attached hydrogen (secondary N) is 1. The van der Waals surface area contributed by atoms with Crippen molar-refractivity contribution in [1.29, 1.82) is 0 Å². The summed E-state index contributed by atoms with van der Waals surface area (Å²) in [5.74, 6) is -0.0858. The second-order valence-electron chi connectivity index (χ2n) is 4.35. The van der Waals surface area contributed by atoms with Gasteiger partial charge >= 0.3 is 0 Å². The Labute approximate surface area is 109 Å². The van der Waals surface area contributed by atoms with Gasteiger partial charge in [-0.3, -0.25) is 4.79 Å². The second kappa shape index (κ2) is 7.71. The Morgan fingerprint density at radius 2 is 2.11 bits per heavy atom. The van der Waals surface area contributed by atoms with E-state index in [0.717, 1.165) is 31.4 Å². The first-order valence-corrected chi connectivity index (χ1v) is 6.29. The fraction of sp³-hybridized carbons (Fsp3) is 0.500. The van der Waals surface area contributed by atoms with Crippen molar-refractivity contribution in [1.82, 2.24) is 5.32 Å². The minimum absolute atomic E-state index is 0.0858. The smallest absolute Gasteiger partial charge is 0.253 e. The zero-order chi connectivity index (χ0) is 13.4. The van der Waals surface area contributed by atoms with Gasteiger partial charge in [-0.05, 0) is 37.8 Å². The maximum atomic E-state index is 12.0. The Hall–Kier alpha value is -1.55. The van der Waals surface area contributed by atoms with Crippen molar-refractivity contribution in [2.24, 2.45) is 0 Å². The van der Waals surface area contributed by atoms with Crippen molar-refractivity contribution in [3.05, 3.63) is 29.3 Å². The van der Waals surface area contributed by atoms with Gasteiger partial charge in [-0.2, -0.15) is 0 Å². The molecule has 1 amide bonds. The minimum Gasteiger partial charge on any atom is -0.398 e. The van der Waals surface area contributed by atoms with Crippen molar-refractivity contribution in [2.75, 3.05) is 26.0 Å². The Bertz CT molecular complexity index is 371. The number of benzene rings is 1. The number of nitrogen functional groups attached to an aromatic ring is 1. The van der Waals surface area contributed by atoms with E-state index in [4.69, 9.17) is 10.5 Å². The Morgan fingerprint density at radius 3 is 2.78 bits per heavy atom. The van der Waals surface area contributed by atoms with Crippen LogP contribution in [-0.2, 0) is 4.74 Å². The Morgan fingerprint density at radius 1 is 1.33 bits per heavy atom. The highest BCUT2D eigenvalue weighted by molar-refractivity contribution is 6.00. The van der Waals surface area contributed by atoms with Gasteiger partial charge in [-0.1, -0.05) is 12.1 Å². The van der Waals surface area contributed by atoms with Crippen molar-refractivity contribution in [3.8, 4) is 0 Å². The van der Waals surface area contributed by atoms with E-state index >= 15 is 0 Å². The summed E-state index contributed by atoms with van der Waals surface area (Å²) in [5, 5.41) is 2.90. The number of hydrogen-bond acceptors (Lipinski definition) is 3. The van der Waals surface area contributed by atoms with Crippen molar-refractivity contribution in [3.63, 3.8) is 0 Å². The summed E-state index contributed by atoms with van der Waals surface area (Å²) in [7, 11) is 1.70. The van der Waals surface area contributed by atoms with E-state index < -0.39 is 0 Å². The van der Waals surface area contributed by atoms with Gasteiger partial charge in [0.05, 0.1) is 5.56 Å². The molecule has 0 atom stereocenters. The number of amides is 1. The van der Waals surface area contributed by atoms with Crippen LogP contribution in [0.2, 0.25) is 0 Å². The molecule has 0 unspecified atom stereocenters. The fourth-order valence-electron chi connectivity index (χ4n) is 1.84. The van der Waals surface area contributed by atoms with Gasteiger partial charge in [0.15, 0.2) is 0 Å². The second-order valence-corrected chi connectivity index (χ2v) is 4.35. The van der Waals surface area contributed by atoms with Crippen LogP contribution >= 0.6 is 0 Å². The Balaban J connectivity index is 2.37. The first-order valence-electron chi connectivity index (χ1n) is 6.29. The maximum Gasteiger partial charge on any atom is 0.253 e. The molecule has 0 saturated heterocycles. The number of aryl methyl sites for hydroxylation is 1. The number of rotatable bonds is 7. The van der Waals surface area contributed by atoms with Crippen LogP contribution in [0.3, 0.4) is 0 Å². The molecule has 0 fully saturated rings. The summed E-state index contributed by atoms with van der Waals surface area (Å²) < 4.78 is 4.97. The first-order chi connectivity index (χ1) is 8.66. The van der Waals surface area contributed by atoms with Crippen LogP contribution in [0.5, 0.6) is 0 Å². The van der Waals surface area contributed by atoms with E-state index in [1.54, 1.807) is 13.2 Å². The molecule has 1 aromatic carbocycles. The molecule has 18 heavy (non-hydrogen) atoms. The summed E-state index contributed by atoms with van der Waals surface area (Å²) in [6.07, 6.45) is 3.04. The highest BCUT2D eigenvalue weighted by Gasteiger charge is 2.11. The number of ether oxygens (including phenoxy) is 1. The van der Waals surface area contributed by atoms with Crippen LogP contribution < -0.4 is 11.1 Å². The molecule has 0 aliphatic carbocycles.